The number of benzene rings is 2. The van der Waals surface area contributed by atoms with E-state index in [0.717, 1.165) is 35.5 Å². The Balaban J connectivity index is 1.37. The van der Waals surface area contributed by atoms with E-state index in [0.29, 0.717) is 18.0 Å². The van der Waals surface area contributed by atoms with Gasteiger partial charge in [-0.05, 0) is 49.2 Å². The summed E-state index contributed by atoms with van der Waals surface area (Å²) >= 11 is 0. The Morgan fingerprint density at radius 3 is 2.72 bits per heavy atom. The van der Waals surface area contributed by atoms with Gasteiger partial charge in [-0.25, -0.2) is 0 Å². The first-order chi connectivity index (χ1) is 14.1. The fraction of sp³-hybridized carbons (Fsp3) is 0.409. The largest absolute Gasteiger partial charge is 0.481 e. The first kappa shape index (κ1) is 18.1. The summed E-state index contributed by atoms with van der Waals surface area (Å²) in [5.74, 6) is 1.59. The number of rotatable bonds is 5. The van der Waals surface area contributed by atoms with E-state index in [1.807, 2.05) is 43.4 Å². The Labute approximate surface area is 168 Å². The van der Waals surface area contributed by atoms with Crippen LogP contribution in [-0.4, -0.2) is 49.2 Å². The van der Waals surface area contributed by atoms with Gasteiger partial charge in [0.15, 0.2) is 23.0 Å². The normalized spacial score (nSPS) is 24.8. The van der Waals surface area contributed by atoms with Gasteiger partial charge in [0.2, 0.25) is 13.6 Å². The molecule has 2 aromatic carbocycles. The maximum absolute atomic E-state index is 12.2. The maximum Gasteiger partial charge on any atom is 0.308 e. The number of likely N-dealkylation sites (N-methyl/N-ethyl adjacent to an activating group) is 1. The quantitative estimate of drug-likeness (QED) is 0.831. The molecule has 1 N–H and O–H groups in total. The fourth-order valence-corrected chi connectivity index (χ4v) is 4.79. The average Bonchev–Trinajstić information content (AvgIpc) is 3.43. The Hall–Kier alpha value is -2.93. The number of ether oxygens (including phenoxy) is 4. The number of nitrogens with zero attached hydrogens (tertiary/aromatic N) is 1. The Kier molecular flexibility index (Phi) is 4.47. The molecule has 3 heterocycles. The second-order valence-corrected chi connectivity index (χ2v) is 7.78. The zero-order valence-corrected chi connectivity index (χ0v) is 16.2. The molecule has 7 heteroatoms. The van der Waals surface area contributed by atoms with Crippen LogP contribution in [0.1, 0.15) is 23.5 Å². The molecule has 0 aromatic heterocycles. The minimum absolute atomic E-state index is 0.0684. The SMILES string of the molecule is CN1CC(c2ccc3c(c2)OCO3)C(C(=O)O)C1CCc1cccc2c1OCO2. The molecule has 1 fully saturated rings. The molecular formula is C22H23NO6. The summed E-state index contributed by atoms with van der Waals surface area (Å²) in [6.07, 6.45) is 1.47. The molecule has 3 aliphatic rings. The molecule has 0 saturated carbocycles. The van der Waals surface area contributed by atoms with Crippen molar-refractivity contribution in [3.05, 3.63) is 47.5 Å². The van der Waals surface area contributed by atoms with Crippen molar-refractivity contribution < 1.29 is 28.8 Å². The van der Waals surface area contributed by atoms with Crippen LogP contribution in [0, 0.1) is 5.92 Å². The first-order valence-corrected chi connectivity index (χ1v) is 9.82. The standard InChI is InChI=1S/C22H23NO6/c1-23-10-15(14-6-8-17-19(9-14)28-11-26-17)20(22(24)25)16(23)7-5-13-3-2-4-18-21(13)29-12-27-18/h2-4,6,8-9,15-16,20H,5,7,10-12H2,1H3,(H,24,25). The van der Waals surface area contributed by atoms with Crippen LogP contribution in [0.4, 0.5) is 0 Å². The highest BCUT2D eigenvalue weighted by Gasteiger charge is 2.45. The predicted molar refractivity (Wildman–Crippen MR) is 104 cm³/mol. The highest BCUT2D eigenvalue weighted by molar-refractivity contribution is 5.73. The number of likely N-dealkylation sites (tertiary alicyclic amines) is 1. The number of carbonyl (C=O) groups is 1. The molecule has 3 aliphatic heterocycles. The van der Waals surface area contributed by atoms with E-state index in [9.17, 15) is 9.90 Å². The number of para-hydroxylation sites is 1. The number of aryl methyl sites for hydroxylation is 1. The van der Waals surface area contributed by atoms with E-state index < -0.39 is 11.9 Å². The van der Waals surface area contributed by atoms with Crippen LogP contribution in [0.2, 0.25) is 0 Å². The van der Waals surface area contributed by atoms with E-state index in [-0.39, 0.29) is 25.5 Å². The number of hydrogen-bond donors (Lipinski definition) is 1. The summed E-state index contributed by atoms with van der Waals surface area (Å²) < 4.78 is 21.9. The molecule has 3 atom stereocenters. The summed E-state index contributed by atoms with van der Waals surface area (Å²) in [6.45, 7) is 1.13. The van der Waals surface area contributed by atoms with Gasteiger partial charge >= 0.3 is 5.97 Å². The van der Waals surface area contributed by atoms with E-state index in [4.69, 9.17) is 18.9 Å². The van der Waals surface area contributed by atoms with Crippen molar-refractivity contribution in [2.75, 3.05) is 27.2 Å². The Morgan fingerprint density at radius 2 is 1.86 bits per heavy atom. The fourth-order valence-electron chi connectivity index (χ4n) is 4.79. The van der Waals surface area contributed by atoms with Gasteiger partial charge in [-0.1, -0.05) is 18.2 Å². The van der Waals surface area contributed by atoms with Crippen molar-refractivity contribution in [2.45, 2.75) is 24.8 Å². The lowest BCUT2D eigenvalue weighted by molar-refractivity contribution is -0.143. The van der Waals surface area contributed by atoms with Crippen molar-refractivity contribution in [2.24, 2.45) is 5.92 Å². The van der Waals surface area contributed by atoms with Crippen LogP contribution >= 0.6 is 0 Å². The third-order valence-corrected chi connectivity index (χ3v) is 6.20. The van der Waals surface area contributed by atoms with Crippen molar-refractivity contribution >= 4 is 5.97 Å². The van der Waals surface area contributed by atoms with Crippen LogP contribution in [0.5, 0.6) is 23.0 Å². The summed E-state index contributed by atoms with van der Waals surface area (Å²) in [7, 11) is 2.00. The lowest BCUT2D eigenvalue weighted by Gasteiger charge is -2.24. The van der Waals surface area contributed by atoms with E-state index in [1.54, 1.807) is 0 Å². The van der Waals surface area contributed by atoms with E-state index >= 15 is 0 Å². The number of aliphatic carboxylic acids is 1. The monoisotopic (exact) mass is 397 g/mol. The third-order valence-electron chi connectivity index (χ3n) is 6.20. The van der Waals surface area contributed by atoms with Gasteiger partial charge in [-0.2, -0.15) is 0 Å². The summed E-state index contributed by atoms with van der Waals surface area (Å²) in [5, 5.41) is 10.1. The van der Waals surface area contributed by atoms with Crippen LogP contribution in [0.25, 0.3) is 0 Å². The van der Waals surface area contributed by atoms with Crippen LogP contribution < -0.4 is 18.9 Å². The molecule has 5 rings (SSSR count). The number of carboxylic acid groups (broad SMARTS) is 1. The molecular weight excluding hydrogens is 374 g/mol. The van der Waals surface area contributed by atoms with Gasteiger partial charge < -0.3 is 29.0 Å². The molecule has 7 nitrogen and oxygen atoms in total. The van der Waals surface area contributed by atoms with Crippen LogP contribution in [0.3, 0.4) is 0 Å². The van der Waals surface area contributed by atoms with Crippen molar-refractivity contribution in [1.82, 2.24) is 4.90 Å². The molecule has 2 aromatic rings. The van der Waals surface area contributed by atoms with Crippen molar-refractivity contribution in [3.8, 4) is 23.0 Å². The Morgan fingerprint density at radius 1 is 1.07 bits per heavy atom. The lowest BCUT2D eigenvalue weighted by atomic mass is 9.83. The first-order valence-electron chi connectivity index (χ1n) is 9.82. The van der Waals surface area contributed by atoms with Gasteiger partial charge in [0, 0.05) is 18.5 Å². The van der Waals surface area contributed by atoms with Crippen molar-refractivity contribution in [3.63, 3.8) is 0 Å². The summed E-state index contributed by atoms with van der Waals surface area (Å²) in [6, 6.07) is 11.5. The van der Waals surface area contributed by atoms with Gasteiger partial charge in [0.05, 0.1) is 5.92 Å². The highest BCUT2D eigenvalue weighted by Crippen LogP contribution is 2.43. The minimum Gasteiger partial charge on any atom is -0.481 e. The second-order valence-electron chi connectivity index (χ2n) is 7.78. The molecule has 0 radical (unpaired) electrons. The average molecular weight is 397 g/mol. The van der Waals surface area contributed by atoms with Gasteiger partial charge in [0.25, 0.3) is 0 Å². The Bertz CT molecular complexity index is 945. The molecule has 0 aliphatic carbocycles. The molecule has 0 amide bonds. The topological polar surface area (TPSA) is 77.5 Å². The van der Waals surface area contributed by atoms with Gasteiger partial charge in [-0.15, -0.1) is 0 Å². The van der Waals surface area contributed by atoms with Crippen molar-refractivity contribution in [1.29, 1.82) is 0 Å². The molecule has 3 unspecified atom stereocenters. The van der Waals surface area contributed by atoms with Crippen LogP contribution in [0.15, 0.2) is 36.4 Å². The second kappa shape index (κ2) is 7.15. The maximum atomic E-state index is 12.2. The molecule has 0 spiro atoms. The highest BCUT2D eigenvalue weighted by atomic mass is 16.7. The number of carboxylic acids is 1. The van der Waals surface area contributed by atoms with Gasteiger partial charge in [0.1, 0.15) is 0 Å². The van der Waals surface area contributed by atoms with E-state index in [2.05, 4.69) is 4.90 Å². The molecule has 152 valence electrons. The lowest BCUT2D eigenvalue weighted by Crippen LogP contribution is -2.34. The minimum atomic E-state index is -0.764. The summed E-state index contributed by atoms with van der Waals surface area (Å²) in [5.41, 5.74) is 2.04. The smallest absolute Gasteiger partial charge is 0.308 e. The zero-order chi connectivity index (χ0) is 20.0. The zero-order valence-electron chi connectivity index (χ0n) is 16.2. The molecule has 1 saturated heterocycles. The summed E-state index contributed by atoms with van der Waals surface area (Å²) in [4.78, 5) is 14.4. The van der Waals surface area contributed by atoms with Crippen LogP contribution in [-0.2, 0) is 11.2 Å². The number of hydrogen-bond acceptors (Lipinski definition) is 6. The third kappa shape index (κ3) is 3.15. The number of fused-ring (bicyclic) bond motifs is 2. The molecule has 0 bridgehead atoms. The molecule has 29 heavy (non-hydrogen) atoms. The van der Waals surface area contributed by atoms with Gasteiger partial charge in [-0.3, -0.25) is 4.79 Å². The predicted octanol–water partition coefficient (Wildman–Crippen LogP) is 2.88. The van der Waals surface area contributed by atoms with E-state index in [1.165, 1.54) is 0 Å².